The predicted octanol–water partition coefficient (Wildman–Crippen LogP) is 14.9. The number of nitrogens with zero attached hydrogens (tertiary/aromatic N) is 1. The van der Waals surface area contributed by atoms with Gasteiger partial charge in [0, 0.05) is 33.4 Å². The van der Waals surface area contributed by atoms with E-state index in [1.54, 1.807) is 0 Å². The fourth-order valence-corrected chi connectivity index (χ4v) is 7.77. The Bertz CT molecular complexity index is 2880. The minimum absolute atomic E-state index is 0.894. The van der Waals surface area contributed by atoms with Crippen molar-refractivity contribution >= 4 is 49.8 Å². The van der Waals surface area contributed by atoms with Crippen LogP contribution in [0.25, 0.3) is 77.2 Å². The summed E-state index contributed by atoms with van der Waals surface area (Å²) in [5.41, 5.74) is 14.5. The Balaban J connectivity index is 1.02. The smallest absolute Gasteiger partial charge is 0.143 e. The summed E-state index contributed by atoms with van der Waals surface area (Å²) < 4.78 is 6.46. The first kappa shape index (κ1) is 31.6. The fourth-order valence-electron chi connectivity index (χ4n) is 7.77. The molecule has 1 heterocycles. The van der Waals surface area contributed by atoms with Crippen LogP contribution in [0, 0.1) is 0 Å². The Morgan fingerprint density at radius 2 is 0.759 bits per heavy atom. The van der Waals surface area contributed by atoms with Gasteiger partial charge in [-0.05, 0) is 98.2 Å². The predicted molar refractivity (Wildman–Crippen MR) is 228 cm³/mol. The van der Waals surface area contributed by atoms with Gasteiger partial charge < -0.3 is 9.32 Å². The molecule has 0 spiro atoms. The van der Waals surface area contributed by atoms with E-state index in [9.17, 15) is 0 Å². The number of para-hydroxylation sites is 1. The van der Waals surface area contributed by atoms with Crippen LogP contribution < -0.4 is 4.90 Å². The van der Waals surface area contributed by atoms with Crippen LogP contribution in [0.15, 0.2) is 217 Å². The second-order valence-electron chi connectivity index (χ2n) is 13.7. The van der Waals surface area contributed by atoms with E-state index < -0.39 is 0 Å². The quantitative estimate of drug-likeness (QED) is 0.166. The lowest BCUT2D eigenvalue weighted by atomic mass is 9.98. The zero-order chi connectivity index (χ0) is 35.8. The average Bonchev–Trinajstić information content (AvgIpc) is 3.63. The van der Waals surface area contributed by atoms with Crippen LogP contribution in [0.3, 0.4) is 0 Å². The van der Waals surface area contributed by atoms with E-state index in [4.69, 9.17) is 4.42 Å². The third kappa shape index (κ3) is 5.71. The molecule has 0 bridgehead atoms. The van der Waals surface area contributed by atoms with Crippen LogP contribution in [0.2, 0.25) is 0 Å². The normalized spacial score (nSPS) is 11.3. The minimum atomic E-state index is 0.894. The highest BCUT2D eigenvalue weighted by Gasteiger charge is 2.16. The molecule has 54 heavy (non-hydrogen) atoms. The van der Waals surface area contributed by atoms with E-state index in [1.165, 1.54) is 33.0 Å². The number of rotatable bonds is 7. The molecule has 0 N–H and O–H groups in total. The molecule has 0 aliphatic carbocycles. The van der Waals surface area contributed by atoms with E-state index >= 15 is 0 Å². The first-order chi connectivity index (χ1) is 26.8. The minimum Gasteiger partial charge on any atom is -0.455 e. The SMILES string of the molecule is c1ccc(-c2ccc(N(c3ccc(-c4ccc5oc6c(-c7ccccc7)cccc6c5c4)cc3)c3ccc(-c4cccc5ccccc45)cc3)cc2)cc1. The maximum atomic E-state index is 6.46. The monoisotopic (exact) mass is 689 g/mol. The van der Waals surface area contributed by atoms with Gasteiger partial charge in [-0.3, -0.25) is 0 Å². The van der Waals surface area contributed by atoms with E-state index in [0.717, 1.165) is 61.3 Å². The second-order valence-corrected chi connectivity index (χ2v) is 13.7. The zero-order valence-electron chi connectivity index (χ0n) is 29.6. The molecule has 0 saturated heterocycles. The van der Waals surface area contributed by atoms with Gasteiger partial charge in [0.25, 0.3) is 0 Å². The van der Waals surface area contributed by atoms with Gasteiger partial charge in [-0.15, -0.1) is 0 Å². The number of benzene rings is 9. The topological polar surface area (TPSA) is 16.4 Å². The third-order valence-corrected chi connectivity index (χ3v) is 10.5. The standard InChI is InChI=1S/C52H35NO/c1-3-11-36(12-4-1)37-21-28-43(29-22-37)53(45-32-25-41(26-33-45)47-18-9-16-39-15-7-8-17-46(39)47)44-30-23-38(24-31-44)42-27-34-51-50(35-42)49-20-10-19-48(52(49)54-51)40-13-5-2-6-14-40/h1-35H. The van der Waals surface area contributed by atoms with Gasteiger partial charge >= 0.3 is 0 Å². The second kappa shape index (κ2) is 13.4. The van der Waals surface area contributed by atoms with Crippen LogP contribution in [0.1, 0.15) is 0 Å². The first-order valence-electron chi connectivity index (χ1n) is 18.4. The molecule has 0 radical (unpaired) electrons. The van der Waals surface area contributed by atoms with Gasteiger partial charge in [-0.2, -0.15) is 0 Å². The van der Waals surface area contributed by atoms with Crippen LogP contribution in [-0.4, -0.2) is 0 Å². The third-order valence-electron chi connectivity index (χ3n) is 10.5. The number of furan rings is 1. The Labute approximate surface area is 314 Å². The molecule has 0 unspecified atom stereocenters. The van der Waals surface area contributed by atoms with Crippen molar-refractivity contribution in [3.8, 4) is 44.5 Å². The Hall–Kier alpha value is -7.16. The van der Waals surface area contributed by atoms with Crippen LogP contribution >= 0.6 is 0 Å². The summed E-state index contributed by atoms with van der Waals surface area (Å²) in [5, 5.41) is 4.75. The molecule has 0 amide bonds. The van der Waals surface area contributed by atoms with E-state index in [-0.39, 0.29) is 0 Å². The lowest BCUT2D eigenvalue weighted by Gasteiger charge is -2.26. The Morgan fingerprint density at radius 1 is 0.296 bits per heavy atom. The van der Waals surface area contributed by atoms with Gasteiger partial charge in [0.2, 0.25) is 0 Å². The van der Waals surface area contributed by atoms with E-state index in [0.29, 0.717) is 0 Å². The number of fused-ring (bicyclic) bond motifs is 4. The molecule has 2 heteroatoms. The van der Waals surface area contributed by atoms with Crippen molar-refractivity contribution in [3.05, 3.63) is 212 Å². The molecule has 2 nitrogen and oxygen atoms in total. The number of hydrogen-bond acceptors (Lipinski definition) is 2. The van der Waals surface area contributed by atoms with Crippen molar-refractivity contribution in [3.63, 3.8) is 0 Å². The molecule has 0 saturated carbocycles. The molecular formula is C52H35NO. The summed E-state index contributed by atoms with van der Waals surface area (Å²) in [7, 11) is 0. The summed E-state index contributed by atoms with van der Waals surface area (Å²) in [6, 6.07) is 75.8. The van der Waals surface area contributed by atoms with Crippen LogP contribution in [-0.2, 0) is 0 Å². The average molecular weight is 690 g/mol. The molecule has 1 aromatic heterocycles. The molecule has 0 atom stereocenters. The lowest BCUT2D eigenvalue weighted by Crippen LogP contribution is -2.09. The van der Waals surface area contributed by atoms with Crippen molar-refractivity contribution in [1.29, 1.82) is 0 Å². The maximum Gasteiger partial charge on any atom is 0.143 e. The first-order valence-corrected chi connectivity index (χ1v) is 18.4. The Kier molecular flexibility index (Phi) is 7.85. The van der Waals surface area contributed by atoms with E-state index in [2.05, 4.69) is 211 Å². The summed E-state index contributed by atoms with van der Waals surface area (Å²) in [5.74, 6) is 0. The van der Waals surface area contributed by atoms with Gasteiger partial charge in [0.15, 0.2) is 0 Å². The van der Waals surface area contributed by atoms with Crippen molar-refractivity contribution in [1.82, 2.24) is 0 Å². The lowest BCUT2D eigenvalue weighted by molar-refractivity contribution is 0.670. The van der Waals surface area contributed by atoms with E-state index in [1.807, 2.05) is 6.07 Å². The van der Waals surface area contributed by atoms with Crippen molar-refractivity contribution in [2.45, 2.75) is 0 Å². The molecule has 10 aromatic rings. The van der Waals surface area contributed by atoms with Crippen molar-refractivity contribution < 1.29 is 4.42 Å². The summed E-state index contributed by atoms with van der Waals surface area (Å²) in [4.78, 5) is 2.34. The van der Waals surface area contributed by atoms with Crippen molar-refractivity contribution in [2.75, 3.05) is 4.90 Å². The highest BCUT2D eigenvalue weighted by molar-refractivity contribution is 6.10. The molecule has 10 rings (SSSR count). The van der Waals surface area contributed by atoms with Crippen molar-refractivity contribution in [2.24, 2.45) is 0 Å². The molecule has 0 aliphatic heterocycles. The molecule has 254 valence electrons. The highest BCUT2D eigenvalue weighted by Crippen LogP contribution is 2.40. The van der Waals surface area contributed by atoms with Gasteiger partial charge in [0.1, 0.15) is 11.2 Å². The Morgan fingerprint density at radius 3 is 1.44 bits per heavy atom. The van der Waals surface area contributed by atoms with Gasteiger partial charge in [0.05, 0.1) is 0 Å². The van der Waals surface area contributed by atoms with Crippen LogP contribution in [0.4, 0.5) is 17.1 Å². The number of anilines is 3. The number of hydrogen-bond donors (Lipinski definition) is 0. The largest absolute Gasteiger partial charge is 0.455 e. The molecule has 9 aromatic carbocycles. The van der Waals surface area contributed by atoms with Gasteiger partial charge in [-0.1, -0.05) is 164 Å². The summed E-state index contributed by atoms with van der Waals surface area (Å²) >= 11 is 0. The highest BCUT2D eigenvalue weighted by atomic mass is 16.3. The molecule has 0 fully saturated rings. The molecule has 0 aliphatic rings. The maximum absolute atomic E-state index is 6.46. The summed E-state index contributed by atoms with van der Waals surface area (Å²) in [6.45, 7) is 0. The summed E-state index contributed by atoms with van der Waals surface area (Å²) in [6.07, 6.45) is 0. The zero-order valence-corrected chi connectivity index (χ0v) is 29.6. The molecular weight excluding hydrogens is 655 g/mol. The van der Waals surface area contributed by atoms with Crippen LogP contribution in [0.5, 0.6) is 0 Å². The van der Waals surface area contributed by atoms with Gasteiger partial charge in [-0.25, -0.2) is 0 Å². The fraction of sp³-hybridized carbons (Fsp3) is 0.